The Bertz CT molecular complexity index is 171. The largest absolute Gasteiger partial charge is 0.396 e. The predicted octanol–water partition coefficient (Wildman–Crippen LogP) is 2.36. The first kappa shape index (κ1) is 18.3. The van der Waals surface area contributed by atoms with E-state index in [1.807, 2.05) is 0 Å². The lowest BCUT2D eigenvalue weighted by Crippen LogP contribution is -2.27. The zero-order valence-corrected chi connectivity index (χ0v) is 11.8. The normalized spacial score (nSPS) is 12.9. The third-order valence-corrected chi connectivity index (χ3v) is 1.41. The van der Waals surface area contributed by atoms with Crippen molar-refractivity contribution < 1.29 is 9.67 Å². The lowest BCUT2D eigenvalue weighted by atomic mass is 10.2. The molecule has 0 aromatic rings. The van der Waals surface area contributed by atoms with E-state index in [0.717, 1.165) is 26.1 Å². The van der Waals surface area contributed by atoms with Crippen LogP contribution in [0.4, 0.5) is 0 Å². The van der Waals surface area contributed by atoms with Crippen LogP contribution in [-0.4, -0.2) is 31.3 Å². The predicted molar refractivity (Wildman–Crippen MR) is 68.0 cm³/mol. The monoisotopic (exact) mass is 298 g/mol. The molecule has 0 aliphatic carbocycles. The van der Waals surface area contributed by atoms with Gasteiger partial charge in [0.25, 0.3) is 0 Å². The average Bonchev–Trinajstić information content (AvgIpc) is 2.09. The smallest absolute Gasteiger partial charge is 0.339 e. The van der Waals surface area contributed by atoms with Crippen molar-refractivity contribution in [1.29, 1.82) is 0 Å². The van der Waals surface area contributed by atoms with Gasteiger partial charge < -0.3 is 16.2 Å². The van der Waals surface area contributed by atoms with Crippen LogP contribution in [0, 0.1) is 5.92 Å². The summed E-state index contributed by atoms with van der Waals surface area (Å²) in [4.78, 5) is 0. The van der Waals surface area contributed by atoms with Gasteiger partial charge in [0.1, 0.15) is 0 Å². The molecule has 8 heteroatoms. The Kier molecular flexibility index (Phi) is 14.0. The molecule has 0 aliphatic rings. The minimum absolute atomic E-state index is 0.268. The highest BCUT2D eigenvalue weighted by molar-refractivity contribution is 8.24. The van der Waals surface area contributed by atoms with E-state index in [1.54, 1.807) is 0 Å². The first-order valence-electron chi connectivity index (χ1n) is 4.52. The molecule has 0 spiro atoms. The van der Waals surface area contributed by atoms with Crippen molar-refractivity contribution in [2.24, 2.45) is 11.7 Å². The molecule has 1 unspecified atom stereocenters. The first-order chi connectivity index (χ1) is 6.81. The number of aliphatic hydroxyl groups is 1. The van der Waals surface area contributed by atoms with Crippen LogP contribution < -0.4 is 11.1 Å². The summed E-state index contributed by atoms with van der Waals surface area (Å²) in [5.74, 6) is 0.540. The van der Waals surface area contributed by atoms with Crippen LogP contribution in [0.1, 0.15) is 13.3 Å². The summed E-state index contributed by atoms with van der Waals surface area (Å²) in [6, 6.07) is 0. The lowest BCUT2D eigenvalue weighted by Gasteiger charge is -2.08. The molecule has 0 aromatic carbocycles. The van der Waals surface area contributed by atoms with E-state index in [2.05, 4.69) is 46.0 Å². The summed E-state index contributed by atoms with van der Waals surface area (Å²) in [5.41, 5.74) is 5.40. The Morgan fingerprint density at radius 1 is 1.47 bits per heavy atom. The molecule has 1 atom stereocenters. The molecule has 0 heterocycles. The molecule has 0 fully saturated rings. The van der Waals surface area contributed by atoms with Gasteiger partial charge in [-0.1, -0.05) is 6.92 Å². The molecule has 0 aromatic heterocycles. The third-order valence-electron chi connectivity index (χ3n) is 1.41. The van der Waals surface area contributed by atoms with Gasteiger partial charge in [0.05, 0.1) is 0 Å². The Labute approximate surface area is 105 Å². The Morgan fingerprint density at radius 3 is 2.27 bits per heavy atom. The highest BCUT2D eigenvalue weighted by atomic mass is 36.0. The summed E-state index contributed by atoms with van der Waals surface area (Å²) in [7, 11) is 0. The molecule has 0 amide bonds. The zero-order chi connectivity index (χ0) is 12.3. The minimum Gasteiger partial charge on any atom is -0.396 e. The first-order valence-corrected chi connectivity index (χ1v) is 8.94. The maximum absolute atomic E-state index is 9.51. The molecule has 0 aliphatic heterocycles. The van der Waals surface area contributed by atoms with E-state index in [0.29, 0.717) is 5.92 Å². The van der Waals surface area contributed by atoms with Gasteiger partial charge in [0.15, 0.2) is 0 Å². The minimum atomic E-state index is -3.22. The van der Waals surface area contributed by atoms with Crippen LogP contribution in [0.5, 0.6) is 0 Å². The van der Waals surface area contributed by atoms with Gasteiger partial charge in [0.2, 0.25) is 0 Å². The number of hydrogen-bond acceptors (Lipinski definition) is 4. The van der Waals surface area contributed by atoms with Crippen LogP contribution in [0.2, 0.25) is 0 Å². The Morgan fingerprint density at radius 2 is 1.93 bits per heavy atom. The van der Waals surface area contributed by atoms with Crippen LogP contribution in [0.3, 0.4) is 0 Å². The summed E-state index contributed by atoms with van der Waals surface area (Å²) in [6.07, 6.45) is 0.831. The SMILES string of the molecule is CC(CN)CNCCCO.O=P(Cl)(Cl)Cl. The molecular weight excluding hydrogens is 281 g/mol. The summed E-state index contributed by atoms with van der Waals surface area (Å²) in [5, 5.41) is 8.40. The van der Waals surface area contributed by atoms with Crippen molar-refractivity contribution >= 4 is 38.9 Å². The topological polar surface area (TPSA) is 75.3 Å². The molecule has 15 heavy (non-hydrogen) atoms. The highest BCUT2D eigenvalue weighted by Gasteiger charge is 2.03. The molecule has 4 N–H and O–H groups in total. The van der Waals surface area contributed by atoms with Gasteiger partial charge in [-0.15, -0.1) is 0 Å². The van der Waals surface area contributed by atoms with Crippen molar-refractivity contribution in [2.75, 3.05) is 26.2 Å². The van der Waals surface area contributed by atoms with Gasteiger partial charge in [-0.3, -0.25) is 4.57 Å². The second-order valence-corrected chi connectivity index (χ2v) is 9.66. The number of aliphatic hydroxyl groups excluding tert-OH is 1. The van der Waals surface area contributed by atoms with E-state index in [1.165, 1.54) is 0 Å². The van der Waals surface area contributed by atoms with Gasteiger partial charge in [0, 0.05) is 6.61 Å². The van der Waals surface area contributed by atoms with Crippen molar-refractivity contribution in [1.82, 2.24) is 5.32 Å². The van der Waals surface area contributed by atoms with Crippen molar-refractivity contribution in [3.05, 3.63) is 0 Å². The number of nitrogens with two attached hydrogens (primary N) is 1. The van der Waals surface area contributed by atoms with Crippen LogP contribution in [-0.2, 0) is 4.57 Å². The quantitative estimate of drug-likeness (QED) is 0.520. The third kappa shape index (κ3) is 31.3. The second-order valence-electron chi connectivity index (χ2n) is 3.02. The van der Waals surface area contributed by atoms with E-state index in [9.17, 15) is 4.57 Å². The van der Waals surface area contributed by atoms with Gasteiger partial charge >= 0.3 is 5.20 Å². The number of hydrogen-bond donors (Lipinski definition) is 3. The molecule has 0 bridgehead atoms. The number of rotatable bonds is 6. The number of halogens is 3. The van der Waals surface area contributed by atoms with Crippen LogP contribution in [0.25, 0.3) is 0 Å². The second kappa shape index (κ2) is 11.5. The zero-order valence-electron chi connectivity index (χ0n) is 8.63. The lowest BCUT2D eigenvalue weighted by molar-refractivity contribution is 0.285. The van der Waals surface area contributed by atoms with Crippen molar-refractivity contribution in [2.45, 2.75) is 13.3 Å². The molecular formula is C7H18Cl3N2O2P. The van der Waals surface area contributed by atoms with Crippen molar-refractivity contribution in [3.8, 4) is 0 Å². The van der Waals surface area contributed by atoms with E-state index >= 15 is 0 Å². The van der Waals surface area contributed by atoms with Gasteiger partial charge in [-0.2, -0.15) is 0 Å². The van der Waals surface area contributed by atoms with E-state index < -0.39 is 5.20 Å². The maximum Gasteiger partial charge on any atom is 0.339 e. The molecule has 0 saturated heterocycles. The van der Waals surface area contributed by atoms with Gasteiger partial charge in [-0.05, 0) is 65.7 Å². The maximum atomic E-state index is 9.51. The van der Waals surface area contributed by atoms with Crippen LogP contribution in [0.15, 0.2) is 0 Å². The Hall–Kier alpha value is 0.980. The molecule has 4 nitrogen and oxygen atoms in total. The molecule has 94 valence electrons. The average molecular weight is 300 g/mol. The summed E-state index contributed by atoms with van der Waals surface area (Å²) < 4.78 is 9.51. The van der Waals surface area contributed by atoms with Gasteiger partial charge in [-0.25, -0.2) is 0 Å². The standard InChI is InChI=1S/C7H18N2O.Cl3OP/c1-7(5-8)6-9-3-2-4-10;1-5(2,3)4/h7,9-10H,2-6,8H2,1H3;. The fourth-order valence-electron chi connectivity index (χ4n) is 0.636. The van der Waals surface area contributed by atoms with Crippen LogP contribution >= 0.6 is 38.9 Å². The molecule has 0 radical (unpaired) electrons. The molecule has 0 rings (SSSR count). The van der Waals surface area contributed by atoms with Crippen molar-refractivity contribution in [3.63, 3.8) is 0 Å². The number of nitrogens with one attached hydrogen (secondary N) is 1. The fourth-order valence-corrected chi connectivity index (χ4v) is 0.636. The summed E-state index contributed by atoms with van der Waals surface area (Å²) >= 11 is 13.8. The summed E-state index contributed by atoms with van der Waals surface area (Å²) in [6.45, 7) is 4.94. The highest BCUT2D eigenvalue weighted by Crippen LogP contribution is 2.61. The molecule has 0 saturated carbocycles. The fraction of sp³-hybridized carbons (Fsp3) is 1.00. The Balaban J connectivity index is 0. The van der Waals surface area contributed by atoms with E-state index in [4.69, 9.17) is 10.8 Å². The van der Waals surface area contributed by atoms with E-state index in [-0.39, 0.29) is 6.61 Å².